The highest BCUT2D eigenvalue weighted by molar-refractivity contribution is 5.30. The van der Waals surface area contributed by atoms with Crippen molar-refractivity contribution < 1.29 is 13.5 Å². The summed E-state index contributed by atoms with van der Waals surface area (Å²) < 4.78 is 33.6. The Hall–Kier alpha value is -1.34. The highest BCUT2D eigenvalue weighted by Crippen LogP contribution is 2.34. The number of halogens is 2. The zero-order valence-corrected chi connectivity index (χ0v) is 13.8. The number of likely N-dealkylation sites (N-methyl/N-ethyl adjacent to an activating group) is 1. The Bertz CT molecular complexity index is 648. The third-order valence-electron chi connectivity index (χ3n) is 5.48. The lowest BCUT2D eigenvalue weighted by atomic mass is 9.92. The van der Waals surface area contributed by atoms with E-state index in [1.54, 1.807) is 0 Å². The van der Waals surface area contributed by atoms with Gasteiger partial charge in [0.15, 0.2) is 0 Å². The van der Waals surface area contributed by atoms with E-state index in [4.69, 9.17) is 4.74 Å². The fourth-order valence-electron chi connectivity index (χ4n) is 4.13. The van der Waals surface area contributed by atoms with E-state index in [0.29, 0.717) is 18.2 Å². The van der Waals surface area contributed by atoms with Gasteiger partial charge in [-0.3, -0.25) is 4.90 Å². The summed E-state index contributed by atoms with van der Waals surface area (Å²) in [5.74, 6) is -0.840. The maximum atomic E-state index is 14.1. The van der Waals surface area contributed by atoms with Gasteiger partial charge in [-0.1, -0.05) is 0 Å². The number of ether oxygens (including phenoxy) is 1. The molecule has 3 heterocycles. The van der Waals surface area contributed by atoms with E-state index in [-0.39, 0.29) is 6.04 Å². The summed E-state index contributed by atoms with van der Waals surface area (Å²) in [6, 6.07) is 3.84. The number of hydrogen-bond acceptors (Lipinski definition) is 4. The van der Waals surface area contributed by atoms with Crippen molar-refractivity contribution in [1.82, 2.24) is 15.5 Å². The molecule has 2 N–H and O–H groups in total. The van der Waals surface area contributed by atoms with E-state index in [1.807, 2.05) is 7.05 Å². The van der Waals surface area contributed by atoms with Gasteiger partial charge in [0.2, 0.25) is 0 Å². The minimum Gasteiger partial charge on any atom is -0.370 e. The summed E-state index contributed by atoms with van der Waals surface area (Å²) in [5.41, 5.74) is 3.32. The molecule has 0 radical (unpaired) electrons. The third kappa shape index (κ3) is 2.88. The van der Waals surface area contributed by atoms with Crippen LogP contribution in [0.1, 0.15) is 18.1 Å². The van der Waals surface area contributed by atoms with Gasteiger partial charge in [0.05, 0.1) is 6.61 Å². The van der Waals surface area contributed by atoms with E-state index >= 15 is 0 Å². The van der Waals surface area contributed by atoms with Crippen LogP contribution in [0.3, 0.4) is 0 Å². The molecule has 0 amide bonds. The van der Waals surface area contributed by atoms with Crippen LogP contribution in [0.15, 0.2) is 29.3 Å². The van der Waals surface area contributed by atoms with Crippen LogP contribution in [-0.2, 0) is 4.74 Å². The van der Waals surface area contributed by atoms with Gasteiger partial charge in [-0.2, -0.15) is 0 Å². The molecule has 1 aromatic rings. The summed E-state index contributed by atoms with van der Waals surface area (Å²) in [6.07, 6.45) is 0.413. The fraction of sp³-hybridized carbons (Fsp3) is 0.556. The minimum atomic E-state index is -0.453. The van der Waals surface area contributed by atoms with Gasteiger partial charge in [0, 0.05) is 43.8 Å². The molecular formula is C18H23F2N3O. The molecule has 24 heavy (non-hydrogen) atoms. The first-order valence-electron chi connectivity index (χ1n) is 8.54. The monoisotopic (exact) mass is 335 g/mol. The first-order chi connectivity index (χ1) is 11.7. The Morgan fingerprint density at radius 3 is 2.67 bits per heavy atom. The Morgan fingerprint density at radius 2 is 1.96 bits per heavy atom. The van der Waals surface area contributed by atoms with Crippen molar-refractivity contribution in [2.24, 2.45) is 0 Å². The highest BCUT2D eigenvalue weighted by atomic mass is 19.1. The van der Waals surface area contributed by atoms with Gasteiger partial charge in [-0.25, -0.2) is 8.78 Å². The maximum absolute atomic E-state index is 14.1. The zero-order valence-electron chi connectivity index (χ0n) is 13.8. The summed E-state index contributed by atoms with van der Waals surface area (Å²) in [6.45, 7) is 4.52. The van der Waals surface area contributed by atoms with Gasteiger partial charge >= 0.3 is 0 Å². The van der Waals surface area contributed by atoms with Crippen LogP contribution in [0.4, 0.5) is 8.78 Å². The molecule has 3 aliphatic heterocycles. The van der Waals surface area contributed by atoms with Crippen LogP contribution in [0, 0.1) is 11.6 Å². The second kappa shape index (κ2) is 6.52. The van der Waals surface area contributed by atoms with E-state index in [0.717, 1.165) is 38.7 Å². The van der Waals surface area contributed by atoms with Crippen molar-refractivity contribution in [2.45, 2.75) is 24.6 Å². The number of benzene rings is 1. The van der Waals surface area contributed by atoms with Gasteiger partial charge in [-0.15, -0.1) is 0 Å². The summed E-state index contributed by atoms with van der Waals surface area (Å²) in [7, 11) is 1.85. The quantitative estimate of drug-likeness (QED) is 0.823. The highest BCUT2D eigenvalue weighted by Gasteiger charge is 2.38. The first kappa shape index (κ1) is 16.1. The molecule has 6 heteroatoms. The molecule has 0 aliphatic carbocycles. The normalized spacial score (nSPS) is 30.9. The second-order valence-electron chi connectivity index (χ2n) is 6.92. The van der Waals surface area contributed by atoms with E-state index in [1.165, 1.54) is 23.3 Å². The van der Waals surface area contributed by atoms with Crippen LogP contribution in [0.25, 0.3) is 0 Å². The van der Waals surface area contributed by atoms with Gasteiger partial charge < -0.3 is 15.4 Å². The minimum absolute atomic E-state index is 0.0337. The van der Waals surface area contributed by atoms with Gasteiger partial charge in [-0.05, 0) is 42.8 Å². The molecule has 2 unspecified atom stereocenters. The van der Waals surface area contributed by atoms with Gasteiger partial charge in [0.25, 0.3) is 0 Å². The Kier molecular flexibility index (Phi) is 4.39. The predicted molar refractivity (Wildman–Crippen MR) is 87.8 cm³/mol. The lowest BCUT2D eigenvalue weighted by molar-refractivity contribution is -0.0538. The molecule has 3 atom stereocenters. The van der Waals surface area contributed by atoms with Crippen molar-refractivity contribution >= 4 is 0 Å². The number of hydrogen-bond donors (Lipinski definition) is 2. The standard InChI is InChI=1S/C18H23F2N3O/c1-21-17-5-14(23-8-11-6-22-7-12(11)9-23)10-24-18(17)15-4-13(19)2-3-16(15)20/h2-4,14,17-18,21-22H,5-10H2,1H3/t14?,17?,18-/m1/s1. The molecule has 0 aromatic heterocycles. The molecule has 3 aliphatic rings. The third-order valence-corrected chi connectivity index (χ3v) is 5.48. The van der Waals surface area contributed by atoms with Crippen LogP contribution in [0.5, 0.6) is 0 Å². The smallest absolute Gasteiger partial charge is 0.129 e. The van der Waals surface area contributed by atoms with Crippen molar-refractivity contribution in [2.75, 3.05) is 39.8 Å². The Labute approximate surface area is 140 Å². The van der Waals surface area contributed by atoms with Crippen molar-refractivity contribution in [3.8, 4) is 0 Å². The molecule has 4 nitrogen and oxygen atoms in total. The molecule has 0 bridgehead atoms. The Morgan fingerprint density at radius 1 is 1.21 bits per heavy atom. The molecule has 1 aromatic carbocycles. The molecule has 1 fully saturated rings. The summed E-state index contributed by atoms with van der Waals surface area (Å²) in [4.78, 5) is 2.45. The van der Waals surface area contributed by atoms with Crippen molar-refractivity contribution in [3.05, 3.63) is 46.5 Å². The second-order valence-corrected chi connectivity index (χ2v) is 6.92. The lowest BCUT2D eigenvalue weighted by Gasteiger charge is -2.40. The predicted octanol–water partition coefficient (Wildman–Crippen LogP) is 1.60. The molecule has 130 valence electrons. The zero-order chi connectivity index (χ0) is 16.7. The Balaban J connectivity index is 1.47. The largest absolute Gasteiger partial charge is 0.370 e. The molecular weight excluding hydrogens is 312 g/mol. The number of nitrogens with zero attached hydrogens (tertiary/aromatic N) is 1. The first-order valence-corrected chi connectivity index (χ1v) is 8.54. The van der Waals surface area contributed by atoms with E-state index < -0.39 is 17.7 Å². The number of rotatable bonds is 3. The topological polar surface area (TPSA) is 36.5 Å². The summed E-state index contributed by atoms with van der Waals surface area (Å²) in [5, 5.41) is 6.62. The molecule has 4 rings (SSSR count). The van der Waals surface area contributed by atoms with E-state index in [2.05, 4.69) is 15.5 Å². The van der Waals surface area contributed by atoms with E-state index in [9.17, 15) is 8.78 Å². The average molecular weight is 335 g/mol. The van der Waals surface area contributed by atoms with Crippen LogP contribution in [0.2, 0.25) is 0 Å². The molecule has 0 spiro atoms. The molecule has 0 saturated carbocycles. The number of nitrogens with one attached hydrogen (secondary N) is 2. The average Bonchev–Trinajstić information content (AvgIpc) is 3.18. The SMILES string of the molecule is CNC1CC(N2CC3=C(CNC3)C2)CO[C@@H]1c1cc(F)ccc1F. The van der Waals surface area contributed by atoms with Gasteiger partial charge in [0.1, 0.15) is 17.7 Å². The maximum Gasteiger partial charge on any atom is 0.129 e. The lowest BCUT2D eigenvalue weighted by Crippen LogP contribution is -2.50. The van der Waals surface area contributed by atoms with Crippen LogP contribution >= 0.6 is 0 Å². The van der Waals surface area contributed by atoms with Crippen LogP contribution < -0.4 is 10.6 Å². The summed E-state index contributed by atoms with van der Waals surface area (Å²) >= 11 is 0. The molecule has 1 saturated heterocycles. The van der Waals surface area contributed by atoms with Crippen molar-refractivity contribution in [3.63, 3.8) is 0 Å². The fourth-order valence-corrected chi connectivity index (χ4v) is 4.13. The van der Waals surface area contributed by atoms with Crippen LogP contribution in [-0.4, -0.2) is 56.8 Å². The van der Waals surface area contributed by atoms with Crippen molar-refractivity contribution in [1.29, 1.82) is 0 Å².